The first-order chi connectivity index (χ1) is 16.1. The summed E-state index contributed by atoms with van der Waals surface area (Å²) in [5.74, 6) is -0.178. The molecule has 1 unspecified atom stereocenters. The van der Waals surface area contributed by atoms with Crippen LogP contribution in [0.4, 0.5) is 0 Å². The highest BCUT2D eigenvalue weighted by Crippen LogP contribution is 2.37. The standard InChI is InChI=1S/C28H28N2O3/c31-24(29-18-9-15-20-10-7-8-16-23(20)29)17-19-30-27(32)25(21-11-3-1-4-12-21)26(28(30)33)22-13-5-2-6-14-22/h1-6,11-14,16,20H,7-10,15,17-19H2. The van der Waals surface area contributed by atoms with E-state index in [9.17, 15) is 14.4 Å². The highest BCUT2D eigenvalue weighted by Gasteiger charge is 2.40. The van der Waals surface area contributed by atoms with Gasteiger partial charge in [0.25, 0.3) is 11.8 Å². The fourth-order valence-electron chi connectivity index (χ4n) is 5.31. The molecule has 2 aromatic rings. The molecule has 2 aliphatic heterocycles. The van der Waals surface area contributed by atoms with Crippen LogP contribution in [0, 0.1) is 5.92 Å². The molecule has 2 aromatic carbocycles. The Morgan fingerprint density at radius 1 is 0.818 bits per heavy atom. The van der Waals surface area contributed by atoms with Crippen LogP contribution in [0.15, 0.2) is 72.4 Å². The minimum Gasteiger partial charge on any atom is -0.316 e. The molecule has 0 radical (unpaired) electrons. The van der Waals surface area contributed by atoms with Gasteiger partial charge in [-0.2, -0.15) is 0 Å². The van der Waals surface area contributed by atoms with E-state index in [4.69, 9.17) is 0 Å². The predicted molar refractivity (Wildman–Crippen MR) is 127 cm³/mol. The van der Waals surface area contributed by atoms with Gasteiger partial charge in [0.2, 0.25) is 5.91 Å². The number of piperidine rings is 1. The summed E-state index contributed by atoms with van der Waals surface area (Å²) in [6.45, 7) is 0.823. The second-order valence-electron chi connectivity index (χ2n) is 8.94. The summed E-state index contributed by atoms with van der Waals surface area (Å²) in [5, 5.41) is 0. The summed E-state index contributed by atoms with van der Waals surface area (Å²) in [7, 11) is 0. The summed E-state index contributed by atoms with van der Waals surface area (Å²) in [6, 6.07) is 18.6. The number of carbonyl (C=O) groups is 3. The maximum atomic E-state index is 13.4. The third-order valence-corrected chi connectivity index (χ3v) is 6.92. The zero-order valence-corrected chi connectivity index (χ0v) is 18.7. The normalized spacial score (nSPS) is 20.7. The van der Waals surface area contributed by atoms with E-state index in [0.717, 1.165) is 49.1 Å². The van der Waals surface area contributed by atoms with Gasteiger partial charge in [-0.15, -0.1) is 0 Å². The summed E-state index contributed by atoms with van der Waals surface area (Å²) < 4.78 is 0. The molecule has 0 bridgehead atoms. The molecule has 0 N–H and O–H groups in total. The molecule has 1 fully saturated rings. The van der Waals surface area contributed by atoms with E-state index >= 15 is 0 Å². The van der Waals surface area contributed by atoms with Crippen LogP contribution in [0.1, 0.15) is 49.7 Å². The van der Waals surface area contributed by atoms with E-state index in [0.29, 0.717) is 17.1 Å². The largest absolute Gasteiger partial charge is 0.316 e. The number of rotatable bonds is 5. The van der Waals surface area contributed by atoms with E-state index in [1.807, 2.05) is 65.6 Å². The van der Waals surface area contributed by atoms with Crippen LogP contribution in [0.3, 0.4) is 0 Å². The molecule has 0 spiro atoms. The maximum Gasteiger partial charge on any atom is 0.262 e. The minimum absolute atomic E-state index is 0.00266. The van der Waals surface area contributed by atoms with Crippen molar-refractivity contribution in [1.29, 1.82) is 0 Å². The van der Waals surface area contributed by atoms with Gasteiger partial charge in [-0.05, 0) is 49.1 Å². The fourth-order valence-corrected chi connectivity index (χ4v) is 5.31. The number of benzene rings is 2. The Balaban J connectivity index is 1.38. The lowest BCUT2D eigenvalue weighted by molar-refractivity contribution is -0.137. The third kappa shape index (κ3) is 4.04. The summed E-state index contributed by atoms with van der Waals surface area (Å²) in [6.07, 6.45) is 7.85. The number of amides is 3. The van der Waals surface area contributed by atoms with Gasteiger partial charge in [0.15, 0.2) is 0 Å². The Labute approximate surface area is 194 Å². The Kier molecular flexibility index (Phi) is 5.95. The predicted octanol–water partition coefficient (Wildman–Crippen LogP) is 4.66. The molecule has 5 rings (SSSR count). The van der Waals surface area contributed by atoms with Crippen molar-refractivity contribution in [3.8, 4) is 0 Å². The molecule has 5 nitrogen and oxygen atoms in total. The highest BCUT2D eigenvalue weighted by molar-refractivity contribution is 6.49. The molecule has 2 heterocycles. The highest BCUT2D eigenvalue weighted by atomic mass is 16.2. The van der Waals surface area contributed by atoms with Crippen LogP contribution in [-0.4, -0.2) is 40.6 Å². The molecular formula is C28H28N2O3. The fraction of sp³-hybridized carbons (Fsp3) is 0.321. The number of likely N-dealkylation sites (tertiary alicyclic amines) is 1. The van der Waals surface area contributed by atoms with Crippen LogP contribution >= 0.6 is 0 Å². The van der Waals surface area contributed by atoms with Crippen molar-refractivity contribution in [2.45, 2.75) is 38.5 Å². The second-order valence-corrected chi connectivity index (χ2v) is 8.94. The average Bonchev–Trinajstić information content (AvgIpc) is 3.12. The smallest absolute Gasteiger partial charge is 0.262 e. The topological polar surface area (TPSA) is 57.7 Å². The lowest BCUT2D eigenvalue weighted by Crippen LogP contribution is -2.41. The number of imide groups is 1. The van der Waals surface area contributed by atoms with Gasteiger partial charge in [-0.25, -0.2) is 0 Å². The van der Waals surface area contributed by atoms with Gasteiger partial charge < -0.3 is 4.90 Å². The molecule has 1 atom stereocenters. The first kappa shape index (κ1) is 21.4. The van der Waals surface area contributed by atoms with E-state index < -0.39 is 0 Å². The molecule has 33 heavy (non-hydrogen) atoms. The molecule has 3 amide bonds. The minimum atomic E-state index is -0.328. The van der Waals surface area contributed by atoms with Gasteiger partial charge in [-0.3, -0.25) is 19.3 Å². The van der Waals surface area contributed by atoms with E-state index in [2.05, 4.69) is 6.08 Å². The number of nitrogens with zero attached hydrogens (tertiary/aromatic N) is 2. The summed E-state index contributed by atoms with van der Waals surface area (Å²) >= 11 is 0. The van der Waals surface area contributed by atoms with E-state index in [1.165, 1.54) is 11.3 Å². The van der Waals surface area contributed by atoms with Crippen molar-refractivity contribution in [3.63, 3.8) is 0 Å². The maximum absolute atomic E-state index is 13.4. The van der Waals surface area contributed by atoms with Gasteiger partial charge in [0, 0.05) is 25.2 Å². The Hall–Kier alpha value is -3.47. The van der Waals surface area contributed by atoms with Gasteiger partial charge in [-0.1, -0.05) is 66.7 Å². The molecule has 0 aromatic heterocycles. The van der Waals surface area contributed by atoms with Crippen molar-refractivity contribution in [2.24, 2.45) is 5.92 Å². The Bertz CT molecular complexity index is 1070. The Morgan fingerprint density at radius 2 is 1.39 bits per heavy atom. The van der Waals surface area contributed by atoms with Gasteiger partial charge in [0.1, 0.15) is 0 Å². The average molecular weight is 441 g/mol. The van der Waals surface area contributed by atoms with Gasteiger partial charge >= 0.3 is 0 Å². The van der Waals surface area contributed by atoms with E-state index in [-0.39, 0.29) is 30.7 Å². The number of allylic oxidation sites excluding steroid dienone is 2. The van der Waals surface area contributed by atoms with E-state index in [1.54, 1.807) is 0 Å². The van der Waals surface area contributed by atoms with Crippen LogP contribution in [0.5, 0.6) is 0 Å². The third-order valence-electron chi connectivity index (χ3n) is 6.92. The molecule has 5 heteroatoms. The zero-order valence-electron chi connectivity index (χ0n) is 18.7. The lowest BCUT2D eigenvalue weighted by Gasteiger charge is -2.38. The molecule has 1 aliphatic carbocycles. The molecule has 0 saturated carbocycles. The first-order valence-electron chi connectivity index (χ1n) is 11.9. The first-order valence-corrected chi connectivity index (χ1v) is 11.9. The van der Waals surface area contributed by atoms with Crippen molar-refractivity contribution in [2.75, 3.05) is 13.1 Å². The molecule has 1 saturated heterocycles. The van der Waals surface area contributed by atoms with Crippen molar-refractivity contribution in [3.05, 3.63) is 83.6 Å². The van der Waals surface area contributed by atoms with Crippen molar-refractivity contribution < 1.29 is 14.4 Å². The Morgan fingerprint density at radius 3 is 2.00 bits per heavy atom. The quantitative estimate of drug-likeness (QED) is 0.636. The number of carbonyl (C=O) groups excluding carboxylic acids is 3. The summed E-state index contributed by atoms with van der Waals surface area (Å²) in [5.41, 5.74) is 3.41. The number of hydrogen-bond acceptors (Lipinski definition) is 3. The van der Waals surface area contributed by atoms with Crippen molar-refractivity contribution in [1.82, 2.24) is 9.80 Å². The summed E-state index contributed by atoms with van der Waals surface area (Å²) in [4.78, 5) is 43.2. The lowest BCUT2D eigenvalue weighted by atomic mass is 9.85. The van der Waals surface area contributed by atoms with Crippen LogP contribution in [0.2, 0.25) is 0 Å². The van der Waals surface area contributed by atoms with Crippen LogP contribution in [0.25, 0.3) is 11.1 Å². The number of fused-ring (bicyclic) bond motifs is 1. The van der Waals surface area contributed by atoms with Gasteiger partial charge in [0.05, 0.1) is 11.1 Å². The monoisotopic (exact) mass is 440 g/mol. The second kappa shape index (κ2) is 9.18. The van der Waals surface area contributed by atoms with Crippen molar-refractivity contribution >= 4 is 28.9 Å². The number of hydrogen-bond donors (Lipinski definition) is 0. The molecular weight excluding hydrogens is 412 g/mol. The molecule has 3 aliphatic rings. The zero-order chi connectivity index (χ0) is 22.8. The molecule has 168 valence electrons. The van der Waals surface area contributed by atoms with Crippen LogP contribution in [-0.2, 0) is 14.4 Å². The van der Waals surface area contributed by atoms with Crippen LogP contribution < -0.4 is 0 Å². The SMILES string of the molecule is O=C(CCN1C(=O)C(c2ccccc2)=C(c2ccccc2)C1=O)N1CCCC2CCCC=C21.